The highest BCUT2D eigenvalue weighted by Gasteiger charge is 2.26. The topological polar surface area (TPSA) is 76.7 Å². The fourth-order valence-electron chi connectivity index (χ4n) is 2.78. The molecule has 0 saturated carbocycles. The Morgan fingerprint density at radius 2 is 2.00 bits per heavy atom. The number of alkyl halides is 1. The zero-order valence-corrected chi connectivity index (χ0v) is 12.8. The number of aryl methyl sites for hydroxylation is 1. The Morgan fingerprint density at radius 3 is 2.77 bits per heavy atom. The number of rotatable bonds is 3. The van der Waals surface area contributed by atoms with E-state index in [4.69, 9.17) is 5.73 Å². The van der Waals surface area contributed by atoms with Crippen molar-refractivity contribution in [3.63, 3.8) is 0 Å². The van der Waals surface area contributed by atoms with Crippen LogP contribution in [0, 0.1) is 0 Å². The molecule has 3 N–H and O–H groups in total. The first kappa shape index (κ1) is 14.7. The minimum absolute atomic E-state index is 0.0299. The van der Waals surface area contributed by atoms with Crippen LogP contribution < -0.4 is 11.1 Å². The van der Waals surface area contributed by atoms with Gasteiger partial charge in [-0.1, -0.05) is 24.3 Å². The van der Waals surface area contributed by atoms with E-state index in [1.54, 1.807) is 0 Å². The summed E-state index contributed by atoms with van der Waals surface area (Å²) in [5, 5.41) is 3.28. The lowest BCUT2D eigenvalue weighted by molar-refractivity contribution is 0.206. The molecular weight excluding hydrogens is 281 g/mol. The SMILES string of the molecule is CC(C)(F)c1nc(N)nc(N[C@@H]2CCCc3ccccc32)n1. The van der Waals surface area contributed by atoms with E-state index in [1.165, 1.54) is 25.0 Å². The number of aromatic nitrogens is 3. The van der Waals surface area contributed by atoms with Crippen LogP contribution in [-0.4, -0.2) is 15.0 Å². The van der Waals surface area contributed by atoms with Gasteiger partial charge in [-0.15, -0.1) is 0 Å². The maximum Gasteiger partial charge on any atom is 0.228 e. The van der Waals surface area contributed by atoms with Gasteiger partial charge in [0.25, 0.3) is 0 Å². The highest BCUT2D eigenvalue weighted by atomic mass is 19.1. The van der Waals surface area contributed by atoms with Crippen molar-refractivity contribution < 1.29 is 4.39 Å². The molecule has 0 bridgehead atoms. The first-order chi connectivity index (χ1) is 10.4. The Balaban J connectivity index is 1.90. The lowest BCUT2D eigenvalue weighted by Gasteiger charge is -2.26. The van der Waals surface area contributed by atoms with E-state index in [0.29, 0.717) is 5.95 Å². The smallest absolute Gasteiger partial charge is 0.228 e. The summed E-state index contributed by atoms with van der Waals surface area (Å²) in [6.45, 7) is 2.81. The van der Waals surface area contributed by atoms with Crippen LogP contribution in [0.2, 0.25) is 0 Å². The molecule has 1 aliphatic rings. The summed E-state index contributed by atoms with van der Waals surface area (Å²) in [5.41, 5.74) is 6.61. The van der Waals surface area contributed by atoms with Crippen molar-refractivity contribution in [1.82, 2.24) is 15.0 Å². The van der Waals surface area contributed by atoms with Crippen LogP contribution >= 0.6 is 0 Å². The summed E-state index contributed by atoms with van der Waals surface area (Å²) >= 11 is 0. The number of hydrogen-bond acceptors (Lipinski definition) is 5. The van der Waals surface area contributed by atoms with E-state index in [2.05, 4.69) is 32.4 Å². The van der Waals surface area contributed by atoms with Crippen molar-refractivity contribution in [2.24, 2.45) is 0 Å². The Hall–Kier alpha value is -2.24. The number of halogens is 1. The van der Waals surface area contributed by atoms with E-state index >= 15 is 0 Å². The minimum Gasteiger partial charge on any atom is -0.368 e. The summed E-state index contributed by atoms with van der Waals surface area (Å²) in [4.78, 5) is 12.2. The van der Waals surface area contributed by atoms with Gasteiger partial charge in [-0.3, -0.25) is 0 Å². The second kappa shape index (κ2) is 5.51. The molecule has 0 radical (unpaired) electrons. The van der Waals surface area contributed by atoms with Crippen molar-refractivity contribution >= 4 is 11.9 Å². The predicted octanol–water partition coefficient (Wildman–Crippen LogP) is 3.15. The zero-order valence-electron chi connectivity index (χ0n) is 12.8. The van der Waals surface area contributed by atoms with Crippen LogP contribution in [0.1, 0.15) is 49.7 Å². The largest absolute Gasteiger partial charge is 0.368 e. The third-order valence-electron chi connectivity index (χ3n) is 3.86. The molecular formula is C16H20FN5. The second-order valence-electron chi connectivity index (χ2n) is 6.10. The summed E-state index contributed by atoms with van der Waals surface area (Å²) in [7, 11) is 0. The molecule has 1 aromatic carbocycles. The fraction of sp³-hybridized carbons (Fsp3) is 0.438. The van der Waals surface area contributed by atoms with Crippen LogP contribution in [0.5, 0.6) is 0 Å². The third-order valence-corrected chi connectivity index (χ3v) is 3.86. The molecule has 1 aliphatic carbocycles. The quantitative estimate of drug-likeness (QED) is 0.910. The predicted molar refractivity (Wildman–Crippen MR) is 84.1 cm³/mol. The molecule has 22 heavy (non-hydrogen) atoms. The first-order valence-corrected chi connectivity index (χ1v) is 7.49. The highest BCUT2D eigenvalue weighted by Crippen LogP contribution is 2.32. The van der Waals surface area contributed by atoms with E-state index < -0.39 is 5.67 Å². The molecule has 6 heteroatoms. The molecule has 0 unspecified atom stereocenters. The summed E-state index contributed by atoms with van der Waals surface area (Å²) in [5.74, 6) is 0.406. The Morgan fingerprint density at radius 1 is 1.23 bits per heavy atom. The van der Waals surface area contributed by atoms with Crippen molar-refractivity contribution in [3.05, 3.63) is 41.2 Å². The van der Waals surface area contributed by atoms with Crippen molar-refractivity contribution in [2.75, 3.05) is 11.1 Å². The van der Waals surface area contributed by atoms with Gasteiger partial charge >= 0.3 is 0 Å². The molecule has 2 aromatic rings. The fourth-order valence-corrected chi connectivity index (χ4v) is 2.78. The monoisotopic (exact) mass is 301 g/mol. The number of nitrogens with two attached hydrogens (primary N) is 1. The Bertz CT molecular complexity index is 680. The lowest BCUT2D eigenvalue weighted by Crippen LogP contribution is -2.22. The normalized spacial score (nSPS) is 17.9. The number of hydrogen-bond donors (Lipinski definition) is 2. The summed E-state index contributed by atoms with van der Waals surface area (Å²) in [6.07, 6.45) is 3.16. The number of benzene rings is 1. The van der Waals surface area contributed by atoms with E-state index in [0.717, 1.165) is 19.3 Å². The molecule has 5 nitrogen and oxygen atoms in total. The molecule has 0 saturated heterocycles. The van der Waals surface area contributed by atoms with Crippen LogP contribution in [0.25, 0.3) is 0 Å². The van der Waals surface area contributed by atoms with Crippen LogP contribution in [-0.2, 0) is 12.1 Å². The average molecular weight is 301 g/mol. The highest BCUT2D eigenvalue weighted by molar-refractivity contribution is 5.40. The van der Waals surface area contributed by atoms with Crippen LogP contribution in [0.15, 0.2) is 24.3 Å². The van der Waals surface area contributed by atoms with Gasteiger partial charge in [0.2, 0.25) is 11.9 Å². The zero-order chi connectivity index (χ0) is 15.7. The van der Waals surface area contributed by atoms with Gasteiger partial charge in [0.05, 0.1) is 6.04 Å². The molecule has 0 spiro atoms. The Labute approximate surface area is 129 Å². The van der Waals surface area contributed by atoms with Crippen LogP contribution in [0.4, 0.5) is 16.3 Å². The molecule has 1 heterocycles. The van der Waals surface area contributed by atoms with E-state index in [-0.39, 0.29) is 17.8 Å². The van der Waals surface area contributed by atoms with Crippen molar-refractivity contribution in [3.8, 4) is 0 Å². The number of nitrogen functional groups attached to an aromatic ring is 1. The van der Waals surface area contributed by atoms with Gasteiger partial charge in [-0.05, 0) is 44.2 Å². The van der Waals surface area contributed by atoms with Gasteiger partial charge in [0.1, 0.15) is 0 Å². The van der Waals surface area contributed by atoms with Gasteiger partial charge in [0, 0.05) is 0 Å². The Kier molecular flexibility index (Phi) is 3.68. The minimum atomic E-state index is -1.65. The lowest BCUT2D eigenvalue weighted by atomic mass is 9.88. The molecule has 116 valence electrons. The van der Waals surface area contributed by atoms with E-state index in [1.807, 2.05) is 12.1 Å². The summed E-state index contributed by atoms with van der Waals surface area (Å²) < 4.78 is 14.1. The summed E-state index contributed by atoms with van der Waals surface area (Å²) in [6, 6.07) is 8.43. The number of anilines is 2. The molecule has 0 fully saturated rings. The standard InChI is InChI=1S/C16H20FN5/c1-16(2,17)13-20-14(18)22-15(21-13)19-12-9-5-7-10-6-3-4-8-11(10)12/h3-4,6,8,12H,5,7,9H2,1-2H3,(H3,18,19,20,21,22)/t12-/m1/s1. The van der Waals surface area contributed by atoms with Gasteiger partial charge in [-0.25, -0.2) is 4.39 Å². The molecule has 0 amide bonds. The average Bonchev–Trinajstić information content (AvgIpc) is 2.46. The number of nitrogens with one attached hydrogen (secondary N) is 1. The molecule has 3 rings (SSSR count). The van der Waals surface area contributed by atoms with Crippen molar-refractivity contribution in [2.45, 2.75) is 44.8 Å². The molecule has 1 atom stereocenters. The first-order valence-electron chi connectivity index (χ1n) is 7.49. The van der Waals surface area contributed by atoms with Gasteiger partial charge in [-0.2, -0.15) is 15.0 Å². The molecule has 1 aromatic heterocycles. The van der Waals surface area contributed by atoms with Gasteiger partial charge in [0.15, 0.2) is 11.5 Å². The second-order valence-corrected chi connectivity index (χ2v) is 6.10. The van der Waals surface area contributed by atoms with E-state index in [9.17, 15) is 4.39 Å². The maximum atomic E-state index is 14.1. The molecule has 0 aliphatic heterocycles. The van der Waals surface area contributed by atoms with Gasteiger partial charge < -0.3 is 11.1 Å². The number of nitrogens with zero attached hydrogens (tertiary/aromatic N) is 3. The third kappa shape index (κ3) is 3.00. The number of fused-ring (bicyclic) bond motifs is 1. The maximum absolute atomic E-state index is 14.1. The van der Waals surface area contributed by atoms with Crippen molar-refractivity contribution in [1.29, 1.82) is 0 Å². The van der Waals surface area contributed by atoms with Crippen LogP contribution in [0.3, 0.4) is 0 Å².